The number of hydrogen-bond donors (Lipinski definition) is 1. The topological polar surface area (TPSA) is 59.2 Å². The molecule has 2 aliphatic rings. The van der Waals surface area contributed by atoms with Gasteiger partial charge in [-0.25, -0.2) is 0 Å². The first-order valence-electron chi connectivity index (χ1n) is 5.83. The molecule has 0 amide bonds. The van der Waals surface area contributed by atoms with Crippen molar-refractivity contribution in [3.8, 4) is 0 Å². The number of aromatic nitrogens is 2. The lowest BCUT2D eigenvalue weighted by Crippen LogP contribution is -2.13. The number of rotatable bonds is 4. The van der Waals surface area contributed by atoms with E-state index >= 15 is 0 Å². The lowest BCUT2D eigenvalue weighted by Gasteiger charge is -2.20. The summed E-state index contributed by atoms with van der Waals surface area (Å²) in [7, 11) is 0. The number of aliphatic hydroxyl groups is 1. The van der Waals surface area contributed by atoms with Crippen molar-refractivity contribution in [1.82, 2.24) is 10.1 Å². The SMILES string of the molecule is OC(Cc1nc(C2CCC2)no1)C1CC1. The highest BCUT2D eigenvalue weighted by atomic mass is 16.5. The molecule has 0 radical (unpaired) electrons. The van der Waals surface area contributed by atoms with Gasteiger partial charge in [0.25, 0.3) is 0 Å². The molecule has 1 aromatic rings. The molecule has 4 nitrogen and oxygen atoms in total. The Balaban J connectivity index is 1.62. The highest BCUT2D eigenvalue weighted by molar-refractivity contribution is 5.00. The van der Waals surface area contributed by atoms with Crippen molar-refractivity contribution in [1.29, 1.82) is 0 Å². The maximum atomic E-state index is 9.73. The number of hydrogen-bond acceptors (Lipinski definition) is 4. The van der Waals surface area contributed by atoms with Crippen LogP contribution in [0.3, 0.4) is 0 Å². The second-order valence-corrected chi connectivity index (χ2v) is 4.78. The van der Waals surface area contributed by atoms with Crippen molar-refractivity contribution in [2.24, 2.45) is 5.92 Å². The molecule has 2 fully saturated rings. The summed E-state index contributed by atoms with van der Waals surface area (Å²) in [6.07, 6.45) is 6.19. The average molecular weight is 208 g/mol. The molecule has 0 bridgehead atoms. The van der Waals surface area contributed by atoms with Crippen LogP contribution < -0.4 is 0 Å². The average Bonchev–Trinajstić information content (AvgIpc) is 2.88. The van der Waals surface area contributed by atoms with Crippen LogP contribution in [0.25, 0.3) is 0 Å². The van der Waals surface area contributed by atoms with Crippen LogP contribution in [0, 0.1) is 5.92 Å². The molecule has 15 heavy (non-hydrogen) atoms. The lowest BCUT2D eigenvalue weighted by atomic mass is 9.85. The monoisotopic (exact) mass is 208 g/mol. The third-order valence-corrected chi connectivity index (χ3v) is 3.50. The third-order valence-electron chi connectivity index (χ3n) is 3.50. The number of nitrogens with zero attached hydrogens (tertiary/aromatic N) is 2. The minimum absolute atomic E-state index is 0.278. The van der Waals surface area contributed by atoms with E-state index < -0.39 is 0 Å². The van der Waals surface area contributed by atoms with E-state index in [9.17, 15) is 5.11 Å². The van der Waals surface area contributed by atoms with Crippen molar-refractivity contribution in [3.05, 3.63) is 11.7 Å². The van der Waals surface area contributed by atoms with E-state index in [1.165, 1.54) is 19.3 Å². The van der Waals surface area contributed by atoms with Crippen LogP contribution in [0.15, 0.2) is 4.52 Å². The zero-order chi connectivity index (χ0) is 10.3. The predicted molar refractivity (Wildman–Crippen MR) is 53.3 cm³/mol. The van der Waals surface area contributed by atoms with Crippen LogP contribution in [0.2, 0.25) is 0 Å². The Morgan fingerprint density at radius 1 is 1.33 bits per heavy atom. The molecule has 1 heterocycles. The molecule has 1 atom stereocenters. The maximum absolute atomic E-state index is 9.73. The zero-order valence-corrected chi connectivity index (χ0v) is 8.72. The molecule has 1 unspecified atom stereocenters. The van der Waals surface area contributed by atoms with Crippen LogP contribution in [0.4, 0.5) is 0 Å². The Morgan fingerprint density at radius 3 is 2.73 bits per heavy atom. The van der Waals surface area contributed by atoms with E-state index in [0.717, 1.165) is 18.7 Å². The van der Waals surface area contributed by atoms with Gasteiger partial charge in [-0.15, -0.1) is 0 Å². The maximum Gasteiger partial charge on any atom is 0.229 e. The van der Waals surface area contributed by atoms with Gasteiger partial charge in [-0.05, 0) is 31.6 Å². The lowest BCUT2D eigenvalue weighted by molar-refractivity contribution is 0.140. The summed E-state index contributed by atoms with van der Waals surface area (Å²) in [6.45, 7) is 0. The van der Waals surface area contributed by atoms with Gasteiger partial charge in [-0.3, -0.25) is 0 Å². The molecule has 2 aliphatic carbocycles. The summed E-state index contributed by atoms with van der Waals surface area (Å²) >= 11 is 0. The van der Waals surface area contributed by atoms with E-state index in [2.05, 4.69) is 10.1 Å². The van der Waals surface area contributed by atoms with Crippen LogP contribution >= 0.6 is 0 Å². The molecule has 0 spiro atoms. The molecule has 0 saturated heterocycles. The quantitative estimate of drug-likeness (QED) is 0.817. The fourth-order valence-electron chi connectivity index (χ4n) is 2.01. The zero-order valence-electron chi connectivity index (χ0n) is 8.72. The van der Waals surface area contributed by atoms with Gasteiger partial charge in [0.05, 0.1) is 12.5 Å². The molecule has 0 aromatic carbocycles. The first-order valence-corrected chi connectivity index (χ1v) is 5.83. The molecule has 3 rings (SSSR count). The van der Waals surface area contributed by atoms with Crippen molar-refractivity contribution in [3.63, 3.8) is 0 Å². The minimum Gasteiger partial charge on any atom is -0.392 e. The van der Waals surface area contributed by atoms with Crippen molar-refractivity contribution < 1.29 is 9.63 Å². The second-order valence-electron chi connectivity index (χ2n) is 4.78. The van der Waals surface area contributed by atoms with Gasteiger partial charge in [-0.2, -0.15) is 4.98 Å². The Kier molecular flexibility index (Phi) is 2.24. The Morgan fingerprint density at radius 2 is 2.13 bits per heavy atom. The summed E-state index contributed by atoms with van der Waals surface area (Å²) in [5.41, 5.74) is 0. The Labute approximate surface area is 88.7 Å². The first kappa shape index (κ1) is 9.33. The van der Waals surface area contributed by atoms with Gasteiger partial charge in [0.15, 0.2) is 5.82 Å². The molecule has 2 saturated carbocycles. The Hall–Kier alpha value is -0.900. The van der Waals surface area contributed by atoms with Crippen molar-refractivity contribution >= 4 is 0 Å². The van der Waals surface area contributed by atoms with Crippen LogP contribution in [0.1, 0.15) is 49.7 Å². The van der Waals surface area contributed by atoms with Gasteiger partial charge in [0.2, 0.25) is 5.89 Å². The van der Waals surface area contributed by atoms with Gasteiger partial charge >= 0.3 is 0 Å². The molecule has 1 aromatic heterocycles. The molecule has 4 heteroatoms. The molecule has 1 N–H and O–H groups in total. The van der Waals surface area contributed by atoms with Crippen molar-refractivity contribution in [2.75, 3.05) is 0 Å². The minimum atomic E-state index is -0.278. The molecule has 0 aliphatic heterocycles. The summed E-state index contributed by atoms with van der Waals surface area (Å²) in [4.78, 5) is 4.34. The van der Waals surface area contributed by atoms with Gasteiger partial charge in [0.1, 0.15) is 0 Å². The normalized spacial score (nSPS) is 23.8. The summed E-state index contributed by atoms with van der Waals surface area (Å²) in [5, 5.41) is 13.7. The first-order chi connectivity index (χ1) is 7.33. The van der Waals surface area contributed by atoms with Gasteiger partial charge in [-0.1, -0.05) is 11.6 Å². The van der Waals surface area contributed by atoms with Gasteiger partial charge < -0.3 is 9.63 Å². The van der Waals surface area contributed by atoms with Gasteiger partial charge in [0, 0.05) is 5.92 Å². The van der Waals surface area contributed by atoms with E-state index in [1.807, 2.05) is 0 Å². The molecular formula is C11H16N2O2. The largest absolute Gasteiger partial charge is 0.392 e. The molecule has 82 valence electrons. The van der Waals surface area contributed by atoms with E-state index in [-0.39, 0.29) is 6.10 Å². The summed E-state index contributed by atoms with van der Waals surface area (Å²) < 4.78 is 5.15. The number of aliphatic hydroxyl groups excluding tert-OH is 1. The third kappa shape index (κ3) is 1.91. The van der Waals surface area contributed by atoms with Crippen molar-refractivity contribution in [2.45, 2.75) is 50.5 Å². The van der Waals surface area contributed by atoms with Crippen LogP contribution in [-0.2, 0) is 6.42 Å². The van der Waals surface area contributed by atoms with Crippen LogP contribution in [-0.4, -0.2) is 21.4 Å². The summed E-state index contributed by atoms with van der Waals surface area (Å²) in [6, 6.07) is 0. The Bertz CT molecular complexity index is 342. The molecular weight excluding hydrogens is 192 g/mol. The summed E-state index contributed by atoms with van der Waals surface area (Å²) in [5.74, 6) is 2.44. The highest BCUT2D eigenvalue weighted by Crippen LogP contribution is 2.36. The fraction of sp³-hybridized carbons (Fsp3) is 0.818. The predicted octanol–water partition coefficient (Wildman–Crippen LogP) is 1.65. The van der Waals surface area contributed by atoms with Crippen LogP contribution in [0.5, 0.6) is 0 Å². The second kappa shape index (κ2) is 3.59. The smallest absolute Gasteiger partial charge is 0.229 e. The van der Waals surface area contributed by atoms with E-state index in [1.54, 1.807) is 0 Å². The standard InChI is InChI=1S/C11H16N2O2/c14-9(7-4-5-7)6-10-12-11(13-15-10)8-2-1-3-8/h7-9,14H,1-6H2. The highest BCUT2D eigenvalue weighted by Gasteiger charge is 2.31. The van der Waals surface area contributed by atoms with E-state index in [0.29, 0.717) is 24.1 Å². The fourth-order valence-corrected chi connectivity index (χ4v) is 2.01. The van der Waals surface area contributed by atoms with E-state index in [4.69, 9.17) is 4.52 Å².